The van der Waals surface area contributed by atoms with Crippen LogP contribution in [-0.4, -0.2) is 18.4 Å². The van der Waals surface area contributed by atoms with Crippen LogP contribution in [0.2, 0.25) is 0 Å². The van der Waals surface area contributed by atoms with E-state index in [0.717, 1.165) is 0 Å². The van der Waals surface area contributed by atoms with E-state index in [0.29, 0.717) is 0 Å². The molecule has 0 saturated carbocycles. The van der Waals surface area contributed by atoms with Crippen molar-refractivity contribution in [2.24, 2.45) is 5.73 Å². The van der Waals surface area contributed by atoms with Gasteiger partial charge in [-0.3, -0.25) is 10.1 Å². The quantitative estimate of drug-likeness (QED) is 0.236. The summed E-state index contributed by atoms with van der Waals surface area (Å²) < 4.78 is 0. The van der Waals surface area contributed by atoms with Gasteiger partial charge < -0.3 is 11.1 Å². The van der Waals surface area contributed by atoms with Crippen molar-refractivity contribution in [2.75, 3.05) is 0 Å². The maximum absolute atomic E-state index is 10.0. The van der Waals surface area contributed by atoms with Gasteiger partial charge in [-0.05, 0) is 6.92 Å². The van der Waals surface area contributed by atoms with Gasteiger partial charge >= 0.3 is 0 Å². The number of nitrogens with two attached hydrogens (primary N) is 1. The molecule has 6 heteroatoms. The second kappa shape index (κ2) is 3.00. The fourth-order valence-electron chi connectivity index (χ4n) is 0.455. The summed E-state index contributed by atoms with van der Waals surface area (Å²) in [4.78, 5) is 9.25. The maximum atomic E-state index is 10.0. The van der Waals surface area contributed by atoms with Crippen LogP contribution in [0.15, 0.2) is 11.4 Å². The predicted octanol–water partition coefficient (Wildman–Crippen LogP) is -0.401. The number of allylic oxidation sites excluding steroid dienone is 2. The summed E-state index contributed by atoms with van der Waals surface area (Å²) in [5, 5.41) is 16.7. The van der Waals surface area contributed by atoms with Crippen molar-refractivity contribution in [3.63, 3.8) is 0 Å². The summed E-state index contributed by atoms with van der Waals surface area (Å²) in [5.74, 6) is 0. The molecule has 0 aromatic carbocycles. The topological polar surface area (TPSA) is 93.0 Å². The average molecular weight is 139 g/mol. The third-order valence-electron chi connectivity index (χ3n) is 0.811. The van der Waals surface area contributed by atoms with E-state index in [1.165, 1.54) is 6.92 Å². The fraction of sp³-hybridized carbons (Fsp3) is 0.250. The highest BCUT2D eigenvalue weighted by Gasteiger charge is 2.14. The Morgan fingerprint density at radius 1 is 1.80 bits per heavy atom. The first-order valence-corrected chi connectivity index (χ1v) is 2.42. The minimum atomic E-state index is -0.780. The molecular formula is C4H6BN3O2. The monoisotopic (exact) mass is 139 g/mol. The van der Waals surface area contributed by atoms with Crippen LogP contribution in [-0.2, 0) is 0 Å². The first kappa shape index (κ1) is 8.67. The van der Waals surface area contributed by atoms with Crippen molar-refractivity contribution >= 4 is 13.5 Å². The van der Waals surface area contributed by atoms with E-state index in [1.807, 2.05) is 0 Å². The van der Waals surface area contributed by atoms with Crippen molar-refractivity contribution in [3.05, 3.63) is 21.5 Å². The van der Waals surface area contributed by atoms with Crippen molar-refractivity contribution < 1.29 is 4.92 Å². The molecule has 0 atom stereocenters. The lowest BCUT2D eigenvalue weighted by atomic mass is 9.97. The predicted molar refractivity (Wildman–Crippen MR) is 37.4 cm³/mol. The lowest BCUT2D eigenvalue weighted by molar-refractivity contribution is -0.416. The van der Waals surface area contributed by atoms with Gasteiger partial charge in [0.15, 0.2) is 7.85 Å². The Labute approximate surface area is 59.0 Å². The van der Waals surface area contributed by atoms with E-state index >= 15 is 0 Å². The van der Waals surface area contributed by atoms with Gasteiger partial charge in [-0.2, -0.15) is 0 Å². The van der Waals surface area contributed by atoms with Crippen LogP contribution in [0.5, 0.6) is 0 Å². The van der Waals surface area contributed by atoms with E-state index in [2.05, 4.69) is 0 Å². The van der Waals surface area contributed by atoms with Crippen LogP contribution in [0.3, 0.4) is 0 Å². The lowest BCUT2D eigenvalue weighted by Crippen LogP contribution is -2.15. The van der Waals surface area contributed by atoms with Gasteiger partial charge in [0.1, 0.15) is 0 Å². The molecule has 0 amide bonds. The first-order valence-electron chi connectivity index (χ1n) is 2.42. The molecule has 0 aliphatic heterocycles. The fourth-order valence-corrected chi connectivity index (χ4v) is 0.455. The molecule has 0 spiro atoms. The summed E-state index contributed by atoms with van der Waals surface area (Å²) in [7, 11) is 4.84. The SMILES string of the molecule is [B]C(=N)C(=C(C)N)[N+](=O)[O-]. The van der Waals surface area contributed by atoms with Gasteiger partial charge in [-0.25, -0.2) is 0 Å². The minimum absolute atomic E-state index is 0.0579. The van der Waals surface area contributed by atoms with Crippen LogP contribution in [0.1, 0.15) is 6.92 Å². The van der Waals surface area contributed by atoms with Gasteiger partial charge in [0.2, 0.25) is 0 Å². The van der Waals surface area contributed by atoms with Crippen LogP contribution in [0.25, 0.3) is 0 Å². The maximum Gasteiger partial charge on any atom is 0.297 e. The Hall–Kier alpha value is -1.33. The number of hydrogen-bond acceptors (Lipinski definition) is 4. The molecule has 0 heterocycles. The Kier molecular flexibility index (Phi) is 2.60. The van der Waals surface area contributed by atoms with Crippen molar-refractivity contribution in [2.45, 2.75) is 6.92 Å². The summed E-state index contributed by atoms with van der Waals surface area (Å²) in [6, 6.07) is 0. The van der Waals surface area contributed by atoms with Gasteiger partial charge in [0, 0.05) is 0 Å². The lowest BCUT2D eigenvalue weighted by Gasteiger charge is -1.96. The molecule has 0 rings (SSSR count). The molecule has 3 N–H and O–H groups in total. The van der Waals surface area contributed by atoms with Crippen molar-refractivity contribution in [3.8, 4) is 0 Å². The Balaban J connectivity index is 4.79. The van der Waals surface area contributed by atoms with Gasteiger partial charge in [0.05, 0.1) is 16.2 Å². The number of nitro groups is 1. The highest BCUT2D eigenvalue weighted by Crippen LogP contribution is 1.98. The first-order chi connectivity index (χ1) is 4.46. The largest absolute Gasteiger partial charge is 0.397 e. The van der Waals surface area contributed by atoms with E-state index in [-0.39, 0.29) is 5.70 Å². The van der Waals surface area contributed by atoms with Crippen LogP contribution < -0.4 is 5.73 Å². The summed E-state index contributed by atoms with van der Waals surface area (Å²) in [6.45, 7) is 1.32. The highest BCUT2D eigenvalue weighted by atomic mass is 16.6. The molecule has 0 fully saturated rings. The van der Waals surface area contributed by atoms with E-state index in [9.17, 15) is 10.1 Å². The zero-order valence-electron chi connectivity index (χ0n) is 5.42. The molecule has 0 aliphatic rings. The molecule has 5 nitrogen and oxygen atoms in total. The number of nitrogens with one attached hydrogen (secondary N) is 1. The minimum Gasteiger partial charge on any atom is -0.397 e. The molecule has 10 heavy (non-hydrogen) atoms. The van der Waals surface area contributed by atoms with Gasteiger partial charge in [-0.15, -0.1) is 0 Å². The number of hydrogen-bond donors (Lipinski definition) is 2. The van der Waals surface area contributed by atoms with Crippen molar-refractivity contribution in [1.29, 1.82) is 5.41 Å². The molecule has 52 valence electrons. The molecule has 0 bridgehead atoms. The molecule has 0 aromatic heterocycles. The van der Waals surface area contributed by atoms with E-state index in [1.54, 1.807) is 0 Å². The number of rotatable bonds is 2. The smallest absolute Gasteiger partial charge is 0.297 e. The highest BCUT2D eigenvalue weighted by molar-refractivity contribution is 6.62. The summed E-state index contributed by atoms with van der Waals surface area (Å²) >= 11 is 0. The Morgan fingerprint density at radius 3 is 2.20 bits per heavy atom. The molecule has 0 aliphatic carbocycles. The van der Waals surface area contributed by atoms with Crippen molar-refractivity contribution in [1.82, 2.24) is 0 Å². The Bertz CT molecular complexity index is 191. The molecule has 2 radical (unpaired) electrons. The van der Waals surface area contributed by atoms with Crippen LogP contribution in [0, 0.1) is 15.5 Å². The number of nitrogens with zero attached hydrogens (tertiary/aromatic N) is 1. The molecule has 0 saturated heterocycles. The summed E-state index contributed by atoms with van der Waals surface area (Å²) in [6.07, 6.45) is 0. The van der Waals surface area contributed by atoms with Crippen LogP contribution in [0.4, 0.5) is 0 Å². The third-order valence-corrected chi connectivity index (χ3v) is 0.811. The molecular weight excluding hydrogens is 133 g/mol. The summed E-state index contributed by atoms with van der Waals surface area (Å²) in [5.41, 5.74) is 3.85. The molecule has 0 aromatic rings. The van der Waals surface area contributed by atoms with Gasteiger partial charge in [-0.1, -0.05) is 0 Å². The second-order valence-corrected chi connectivity index (χ2v) is 1.70. The van der Waals surface area contributed by atoms with E-state index < -0.39 is 16.2 Å². The average Bonchev–Trinajstić information content (AvgIpc) is 1.59. The zero-order valence-corrected chi connectivity index (χ0v) is 5.42. The standard InChI is InChI=1S/C4H6BN3O2/c1-2(6)3(4(5)7)8(9)10/h7H,6H2,1H3. The zero-order chi connectivity index (χ0) is 8.31. The van der Waals surface area contributed by atoms with Gasteiger partial charge in [0.25, 0.3) is 5.70 Å². The second-order valence-electron chi connectivity index (χ2n) is 1.70. The van der Waals surface area contributed by atoms with E-state index in [4.69, 9.17) is 19.0 Å². The third kappa shape index (κ3) is 1.89. The Morgan fingerprint density at radius 2 is 2.20 bits per heavy atom. The van der Waals surface area contributed by atoms with Crippen LogP contribution >= 0.6 is 0 Å². The molecule has 0 unspecified atom stereocenters. The normalized spacial score (nSPS) is 12.1.